The van der Waals surface area contributed by atoms with E-state index in [2.05, 4.69) is 29.3 Å². The Labute approximate surface area is 99.8 Å². The Morgan fingerprint density at radius 1 is 1.44 bits per heavy atom. The molecule has 0 atom stereocenters. The van der Waals surface area contributed by atoms with Crippen molar-refractivity contribution in [1.82, 2.24) is 0 Å². The molecule has 0 bridgehead atoms. The monoisotopic (exact) mass is 236 g/mol. The van der Waals surface area contributed by atoms with E-state index in [4.69, 9.17) is 11.5 Å². The van der Waals surface area contributed by atoms with E-state index in [9.17, 15) is 0 Å². The van der Waals surface area contributed by atoms with Crippen LogP contribution in [0.3, 0.4) is 0 Å². The minimum atomic E-state index is -0.0345. The first-order chi connectivity index (χ1) is 7.72. The second-order valence-electron chi connectivity index (χ2n) is 3.19. The summed E-state index contributed by atoms with van der Waals surface area (Å²) in [6.07, 6.45) is 2.80. The van der Waals surface area contributed by atoms with Crippen LogP contribution in [0.2, 0.25) is 0 Å². The van der Waals surface area contributed by atoms with E-state index in [-0.39, 0.29) is 5.96 Å². The van der Waals surface area contributed by atoms with Gasteiger partial charge in [-0.3, -0.25) is 0 Å². The molecular weight excluding hydrogens is 220 g/mol. The molecule has 0 heterocycles. The summed E-state index contributed by atoms with van der Waals surface area (Å²) < 4.78 is 0. The Balaban J connectivity index is 2.67. The van der Waals surface area contributed by atoms with E-state index in [1.165, 1.54) is 4.90 Å². The van der Waals surface area contributed by atoms with Gasteiger partial charge in [0.05, 0.1) is 6.21 Å². The maximum absolute atomic E-state index is 5.16. The third-order valence-corrected chi connectivity index (χ3v) is 2.91. The SMILES string of the molecule is CCCSc1cccc(C=NN=C(N)N)c1. The highest BCUT2D eigenvalue weighted by Crippen LogP contribution is 2.19. The number of hydrogen-bond acceptors (Lipinski definition) is 3. The molecule has 0 aliphatic rings. The molecule has 4 nitrogen and oxygen atoms in total. The van der Waals surface area contributed by atoms with Crippen molar-refractivity contribution in [3.63, 3.8) is 0 Å². The topological polar surface area (TPSA) is 76.8 Å². The van der Waals surface area contributed by atoms with Gasteiger partial charge in [-0.15, -0.1) is 16.9 Å². The average Bonchev–Trinajstić information content (AvgIpc) is 2.26. The molecule has 0 aliphatic heterocycles. The third kappa shape index (κ3) is 4.84. The quantitative estimate of drug-likeness (QED) is 0.354. The molecule has 0 aliphatic carbocycles. The zero-order chi connectivity index (χ0) is 11.8. The summed E-state index contributed by atoms with van der Waals surface area (Å²) >= 11 is 1.83. The lowest BCUT2D eigenvalue weighted by Gasteiger charge is -2.00. The van der Waals surface area contributed by atoms with Crippen LogP contribution in [-0.4, -0.2) is 17.9 Å². The molecule has 0 spiro atoms. The van der Waals surface area contributed by atoms with Crippen LogP contribution < -0.4 is 11.5 Å². The predicted octanol–water partition coefficient (Wildman–Crippen LogP) is 1.80. The lowest BCUT2D eigenvalue weighted by atomic mass is 10.2. The van der Waals surface area contributed by atoms with Gasteiger partial charge < -0.3 is 11.5 Å². The highest BCUT2D eigenvalue weighted by atomic mass is 32.2. The van der Waals surface area contributed by atoms with E-state index in [1.807, 2.05) is 23.9 Å². The summed E-state index contributed by atoms with van der Waals surface area (Å²) in [4.78, 5) is 1.23. The van der Waals surface area contributed by atoms with Crippen molar-refractivity contribution in [3.05, 3.63) is 29.8 Å². The maximum Gasteiger partial charge on any atom is 0.211 e. The Morgan fingerprint density at radius 3 is 2.94 bits per heavy atom. The molecule has 0 saturated carbocycles. The minimum Gasteiger partial charge on any atom is -0.369 e. The van der Waals surface area contributed by atoms with E-state index < -0.39 is 0 Å². The molecule has 4 N–H and O–H groups in total. The number of nitrogens with zero attached hydrogens (tertiary/aromatic N) is 2. The standard InChI is InChI=1S/C11H16N4S/c1-2-6-16-10-5-3-4-9(7-10)8-14-15-11(12)13/h3-5,7-8H,2,6H2,1H3,(H4,12,13,15). The molecule has 1 aromatic rings. The fourth-order valence-electron chi connectivity index (χ4n) is 1.07. The number of hydrogen-bond donors (Lipinski definition) is 2. The van der Waals surface area contributed by atoms with Crippen LogP contribution in [0.1, 0.15) is 18.9 Å². The first-order valence-corrected chi connectivity index (χ1v) is 6.05. The normalized spacial score (nSPS) is 10.6. The third-order valence-electron chi connectivity index (χ3n) is 1.71. The van der Waals surface area contributed by atoms with E-state index >= 15 is 0 Å². The lowest BCUT2D eigenvalue weighted by Crippen LogP contribution is -2.21. The summed E-state index contributed by atoms with van der Waals surface area (Å²) in [6, 6.07) is 8.10. The van der Waals surface area contributed by atoms with Gasteiger partial charge in [-0.1, -0.05) is 19.1 Å². The van der Waals surface area contributed by atoms with Crippen molar-refractivity contribution >= 4 is 23.9 Å². The van der Waals surface area contributed by atoms with Crippen LogP contribution in [0, 0.1) is 0 Å². The maximum atomic E-state index is 5.16. The number of thioether (sulfide) groups is 1. The van der Waals surface area contributed by atoms with Crippen molar-refractivity contribution in [1.29, 1.82) is 0 Å². The van der Waals surface area contributed by atoms with Crippen molar-refractivity contribution in [2.75, 3.05) is 5.75 Å². The van der Waals surface area contributed by atoms with Gasteiger partial charge in [0, 0.05) is 4.90 Å². The molecule has 1 rings (SSSR count). The van der Waals surface area contributed by atoms with Crippen LogP contribution in [0.25, 0.3) is 0 Å². The molecule has 5 heteroatoms. The van der Waals surface area contributed by atoms with Gasteiger partial charge in [0.2, 0.25) is 5.96 Å². The molecule has 0 fully saturated rings. The van der Waals surface area contributed by atoms with Gasteiger partial charge in [0.25, 0.3) is 0 Å². The molecule has 86 valence electrons. The molecule has 0 saturated heterocycles. The van der Waals surface area contributed by atoms with Gasteiger partial charge >= 0.3 is 0 Å². The largest absolute Gasteiger partial charge is 0.369 e. The molecule has 0 unspecified atom stereocenters. The van der Waals surface area contributed by atoms with Crippen molar-refractivity contribution in [2.45, 2.75) is 18.2 Å². The van der Waals surface area contributed by atoms with E-state index in [1.54, 1.807) is 6.21 Å². The zero-order valence-electron chi connectivity index (χ0n) is 9.26. The highest BCUT2D eigenvalue weighted by Gasteiger charge is 1.94. The number of benzene rings is 1. The van der Waals surface area contributed by atoms with Crippen LogP contribution in [0.4, 0.5) is 0 Å². The van der Waals surface area contributed by atoms with Gasteiger partial charge in [0.15, 0.2) is 0 Å². The van der Waals surface area contributed by atoms with Gasteiger partial charge in [-0.2, -0.15) is 5.10 Å². The Bertz CT molecular complexity index is 383. The Hall–Kier alpha value is -1.49. The van der Waals surface area contributed by atoms with E-state index in [0.29, 0.717) is 0 Å². The fraction of sp³-hybridized carbons (Fsp3) is 0.273. The molecule has 0 radical (unpaired) electrons. The van der Waals surface area contributed by atoms with Crippen LogP contribution >= 0.6 is 11.8 Å². The van der Waals surface area contributed by atoms with Gasteiger partial charge in [-0.25, -0.2) is 0 Å². The molecule has 0 amide bonds. The summed E-state index contributed by atoms with van der Waals surface area (Å²) in [5.74, 6) is 1.09. The number of rotatable bonds is 5. The number of nitrogens with two attached hydrogens (primary N) is 2. The Morgan fingerprint density at radius 2 is 2.25 bits per heavy atom. The summed E-state index contributed by atoms with van der Waals surface area (Å²) in [5.41, 5.74) is 11.3. The zero-order valence-corrected chi connectivity index (χ0v) is 10.1. The van der Waals surface area contributed by atoms with Crippen LogP contribution in [0.15, 0.2) is 39.4 Å². The second-order valence-corrected chi connectivity index (χ2v) is 4.36. The van der Waals surface area contributed by atoms with Crippen LogP contribution in [-0.2, 0) is 0 Å². The lowest BCUT2D eigenvalue weighted by molar-refractivity contribution is 1.10. The summed E-state index contributed by atoms with van der Waals surface area (Å²) in [7, 11) is 0. The van der Waals surface area contributed by atoms with Gasteiger partial charge in [0.1, 0.15) is 0 Å². The summed E-state index contributed by atoms with van der Waals surface area (Å²) in [5, 5.41) is 7.31. The van der Waals surface area contributed by atoms with Gasteiger partial charge in [-0.05, 0) is 29.9 Å². The first kappa shape index (κ1) is 12.6. The predicted molar refractivity (Wildman–Crippen MR) is 70.9 cm³/mol. The summed E-state index contributed by atoms with van der Waals surface area (Å²) in [6.45, 7) is 2.16. The smallest absolute Gasteiger partial charge is 0.211 e. The molecule has 16 heavy (non-hydrogen) atoms. The molecule has 1 aromatic carbocycles. The van der Waals surface area contributed by atoms with E-state index in [0.717, 1.165) is 17.7 Å². The molecular formula is C11H16N4S. The minimum absolute atomic E-state index is 0.0345. The highest BCUT2D eigenvalue weighted by molar-refractivity contribution is 7.99. The van der Waals surface area contributed by atoms with Crippen molar-refractivity contribution < 1.29 is 0 Å². The average molecular weight is 236 g/mol. The van der Waals surface area contributed by atoms with Crippen molar-refractivity contribution in [2.24, 2.45) is 21.7 Å². The van der Waals surface area contributed by atoms with Crippen molar-refractivity contribution in [3.8, 4) is 0 Å². The first-order valence-electron chi connectivity index (χ1n) is 5.07. The fourth-order valence-corrected chi connectivity index (χ4v) is 1.90. The van der Waals surface area contributed by atoms with Crippen LogP contribution in [0.5, 0.6) is 0 Å². The second kappa shape index (κ2) is 6.90. The Kier molecular flexibility index (Phi) is 5.42. The molecule has 0 aromatic heterocycles. The number of guanidine groups is 1.